The Hall–Kier alpha value is -1.40. The Labute approximate surface area is 99.8 Å². The van der Waals surface area contributed by atoms with E-state index in [4.69, 9.17) is 0 Å². The number of hydrogen-bond acceptors (Lipinski definition) is 1. The average Bonchev–Trinajstić information content (AvgIpc) is 2.22. The van der Waals surface area contributed by atoms with Crippen LogP contribution in [-0.2, 0) is 6.18 Å². The molecule has 1 N–H and O–H groups in total. The van der Waals surface area contributed by atoms with Crippen LogP contribution in [0.15, 0.2) is 24.3 Å². The molecule has 1 aromatic rings. The SMILES string of the molecule is FC(F)(F)CCCNc1cccc(C(F)(F)F)c1. The fourth-order valence-corrected chi connectivity index (χ4v) is 1.33. The summed E-state index contributed by atoms with van der Waals surface area (Å²) in [5.41, 5.74) is -0.671. The minimum Gasteiger partial charge on any atom is -0.385 e. The van der Waals surface area contributed by atoms with Gasteiger partial charge in [-0.25, -0.2) is 0 Å². The summed E-state index contributed by atoms with van der Waals surface area (Å²) in [5, 5.41) is 2.53. The van der Waals surface area contributed by atoms with E-state index < -0.39 is 24.3 Å². The predicted molar refractivity (Wildman–Crippen MR) is 55.2 cm³/mol. The molecule has 0 fully saturated rings. The molecule has 0 saturated carbocycles. The summed E-state index contributed by atoms with van der Waals surface area (Å²) in [6.07, 6.45) is -9.84. The first-order valence-electron chi connectivity index (χ1n) is 5.16. The van der Waals surface area contributed by atoms with E-state index in [0.29, 0.717) is 0 Å². The molecule has 1 aromatic carbocycles. The van der Waals surface area contributed by atoms with E-state index in [1.54, 1.807) is 0 Å². The molecular weight excluding hydrogens is 260 g/mol. The Morgan fingerprint density at radius 2 is 1.67 bits per heavy atom. The highest BCUT2D eigenvalue weighted by Gasteiger charge is 2.30. The van der Waals surface area contributed by atoms with Gasteiger partial charge in [0.25, 0.3) is 0 Å². The molecule has 0 amide bonds. The maximum atomic E-state index is 12.3. The molecule has 102 valence electrons. The zero-order valence-corrected chi connectivity index (χ0v) is 9.20. The van der Waals surface area contributed by atoms with Gasteiger partial charge in [-0.15, -0.1) is 0 Å². The molecular formula is C11H11F6N. The van der Waals surface area contributed by atoms with E-state index in [-0.39, 0.29) is 18.7 Å². The first kappa shape index (κ1) is 14.7. The number of alkyl halides is 6. The highest BCUT2D eigenvalue weighted by molar-refractivity contribution is 5.46. The average molecular weight is 271 g/mol. The van der Waals surface area contributed by atoms with Crippen LogP contribution in [0.2, 0.25) is 0 Å². The van der Waals surface area contributed by atoms with Crippen molar-refractivity contribution in [2.24, 2.45) is 0 Å². The molecule has 0 aliphatic carbocycles. The Kier molecular flexibility index (Phi) is 4.48. The van der Waals surface area contributed by atoms with Crippen LogP contribution in [0, 0.1) is 0 Å². The molecule has 0 saturated heterocycles. The molecule has 0 aliphatic rings. The standard InChI is InChI=1S/C11H11F6N/c12-10(13,14)5-2-6-18-9-4-1-3-8(7-9)11(15,16)17/h1,3-4,7,18H,2,5-6H2. The predicted octanol–water partition coefficient (Wildman–Crippen LogP) is 4.46. The van der Waals surface area contributed by atoms with Gasteiger partial charge in [0, 0.05) is 18.7 Å². The van der Waals surface area contributed by atoms with Crippen molar-refractivity contribution in [2.75, 3.05) is 11.9 Å². The summed E-state index contributed by atoms with van der Waals surface area (Å²) < 4.78 is 72.5. The minimum absolute atomic E-state index is 0.0270. The van der Waals surface area contributed by atoms with Crippen LogP contribution < -0.4 is 5.32 Å². The second kappa shape index (κ2) is 5.49. The van der Waals surface area contributed by atoms with Crippen molar-refractivity contribution in [3.63, 3.8) is 0 Å². The van der Waals surface area contributed by atoms with E-state index in [1.165, 1.54) is 12.1 Å². The van der Waals surface area contributed by atoms with Gasteiger partial charge in [0.05, 0.1) is 5.56 Å². The van der Waals surface area contributed by atoms with Crippen molar-refractivity contribution >= 4 is 5.69 Å². The topological polar surface area (TPSA) is 12.0 Å². The van der Waals surface area contributed by atoms with Gasteiger partial charge in [-0.1, -0.05) is 6.07 Å². The molecule has 0 radical (unpaired) electrons. The van der Waals surface area contributed by atoms with Gasteiger partial charge in [-0.2, -0.15) is 26.3 Å². The zero-order chi connectivity index (χ0) is 13.8. The second-order valence-electron chi connectivity index (χ2n) is 3.72. The van der Waals surface area contributed by atoms with Crippen molar-refractivity contribution in [1.82, 2.24) is 0 Å². The summed E-state index contributed by atoms with van der Waals surface area (Å²) in [5.74, 6) is 0. The summed E-state index contributed by atoms with van der Waals surface area (Å²) in [6, 6.07) is 4.35. The molecule has 1 nitrogen and oxygen atoms in total. The van der Waals surface area contributed by atoms with E-state index in [2.05, 4.69) is 5.32 Å². The molecule has 0 heterocycles. The van der Waals surface area contributed by atoms with Gasteiger partial charge < -0.3 is 5.32 Å². The normalized spacial score (nSPS) is 12.6. The maximum absolute atomic E-state index is 12.3. The van der Waals surface area contributed by atoms with Gasteiger partial charge in [-0.05, 0) is 24.6 Å². The lowest BCUT2D eigenvalue weighted by Crippen LogP contribution is -2.11. The van der Waals surface area contributed by atoms with Crippen molar-refractivity contribution in [3.8, 4) is 0 Å². The number of benzene rings is 1. The quantitative estimate of drug-likeness (QED) is 0.629. The van der Waals surface area contributed by atoms with Crippen molar-refractivity contribution in [2.45, 2.75) is 25.2 Å². The Morgan fingerprint density at radius 3 is 2.22 bits per heavy atom. The number of nitrogens with one attached hydrogen (secondary N) is 1. The van der Waals surface area contributed by atoms with Crippen LogP contribution in [-0.4, -0.2) is 12.7 Å². The monoisotopic (exact) mass is 271 g/mol. The second-order valence-corrected chi connectivity index (χ2v) is 3.72. The lowest BCUT2D eigenvalue weighted by Gasteiger charge is -2.11. The van der Waals surface area contributed by atoms with Crippen molar-refractivity contribution in [1.29, 1.82) is 0 Å². The molecule has 0 unspecified atom stereocenters. The van der Waals surface area contributed by atoms with E-state index >= 15 is 0 Å². The van der Waals surface area contributed by atoms with Gasteiger partial charge >= 0.3 is 12.4 Å². The largest absolute Gasteiger partial charge is 0.416 e. The summed E-state index contributed by atoms with van der Waals surface area (Å²) in [7, 11) is 0. The summed E-state index contributed by atoms with van der Waals surface area (Å²) in [6.45, 7) is -0.0270. The Morgan fingerprint density at radius 1 is 1.00 bits per heavy atom. The van der Waals surface area contributed by atoms with Gasteiger partial charge in [0.2, 0.25) is 0 Å². The third-order valence-electron chi connectivity index (χ3n) is 2.16. The fraction of sp³-hybridized carbons (Fsp3) is 0.455. The van der Waals surface area contributed by atoms with Gasteiger partial charge in [-0.3, -0.25) is 0 Å². The third-order valence-corrected chi connectivity index (χ3v) is 2.16. The molecule has 0 aromatic heterocycles. The van der Waals surface area contributed by atoms with Crippen LogP contribution in [0.4, 0.5) is 32.0 Å². The summed E-state index contributed by atoms with van der Waals surface area (Å²) in [4.78, 5) is 0. The van der Waals surface area contributed by atoms with Crippen molar-refractivity contribution in [3.05, 3.63) is 29.8 Å². The van der Waals surface area contributed by atoms with Crippen molar-refractivity contribution < 1.29 is 26.3 Å². The Balaban J connectivity index is 2.49. The third kappa shape index (κ3) is 5.29. The van der Waals surface area contributed by atoms with Crippen LogP contribution in [0.5, 0.6) is 0 Å². The first-order valence-corrected chi connectivity index (χ1v) is 5.16. The van der Waals surface area contributed by atoms with E-state index in [0.717, 1.165) is 12.1 Å². The molecule has 0 atom stereocenters. The highest BCUT2D eigenvalue weighted by Crippen LogP contribution is 2.30. The van der Waals surface area contributed by atoms with Crippen LogP contribution in [0.25, 0.3) is 0 Å². The molecule has 18 heavy (non-hydrogen) atoms. The van der Waals surface area contributed by atoms with E-state index in [1.807, 2.05) is 0 Å². The summed E-state index contributed by atoms with van der Waals surface area (Å²) >= 11 is 0. The number of hydrogen-bond donors (Lipinski definition) is 1. The van der Waals surface area contributed by atoms with Crippen LogP contribution in [0.3, 0.4) is 0 Å². The zero-order valence-electron chi connectivity index (χ0n) is 9.20. The number of anilines is 1. The highest BCUT2D eigenvalue weighted by atomic mass is 19.4. The van der Waals surface area contributed by atoms with E-state index in [9.17, 15) is 26.3 Å². The molecule has 1 rings (SSSR count). The first-order chi connectivity index (χ1) is 8.18. The molecule has 0 aliphatic heterocycles. The van der Waals surface area contributed by atoms with Gasteiger partial charge in [0.15, 0.2) is 0 Å². The molecule has 0 spiro atoms. The Bertz CT molecular complexity index is 382. The maximum Gasteiger partial charge on any atom is 0.416 e. The lowest BCUT2D eigenvalue weighted by atomic mass is 10.2. The smallest absolute Gasteiger partial charge is 0.385 e. The number of halogens is 6. The molecule has 7 heteroatoms. The molecule has 0 bridgehead atoms. The lowest BCUT2D eigenvalue weighted by molar-refractivity contribution is -0.137. The van der Waals surface area contributed by atoms with Gasteiger partial charge in [0.1, 0.15) is 0 Å². The van der Waals surface area contributed by atoms with Crippen LogP contribution >= 0.6 is 0 Å². The fourth-order valence-electron chi connectivity index (χ4n) is 1.33. The number of rotatable bonds is 4. The minimum atomic E-state index is -4.45. The van der Waals surface area contributed by atoms with Crippen LogP contribution in [0.1, 0.15) is 18.4 Å².